The number of carbonyl (C=O) groups is 2. The molecule has 2 N–H and O–H groups in total. The van der Waals surface area contributed by atoms with Gasteiger partial charge in [0.15, 0.2) is 0 Å². The van der Waals surface area contributed by atoms with Crippen LogP contribution in [0.1, 0.15) is 36.2 Å². The van der Waals surface area contributed by atoms with Gasteiger partial charge in [-0.2, -0.15) is 0 Å². The highest BCUT2D eigenvalue weighted by molar-refractivity contribution is 6.35. The summed E-state index contributed by atoms with van der Waals surface area (Å²) >= 11 is 12.1. The van der Waals surface area contributed by atoms with Gasteiger partial charge < -0.3 is 15.2 Å². The zero-order chi connectivity index (χ0) is 22.8. The Bertz CT molecular complexity index is 1170. The van der Waals surface area contributed by atoms with Gasteiger partial charge in [0.05, 0.1) is 5.56 Å². The van der Waals surface area contributed by atoms with Gasteiger partial charge in [0.25, 0.3) is 5.91 Å². The number of amides is 1. The highest BCUT2D eigenvalue weighted by Gasteiger charge is 2.34. The second-order valence-corrected chi connectivity index (χ2v) is 8.09. The first-order valence-electron chi connectivity index (χ1n) is 9.50. The summed E-state index contributed by atoms with van der Waals surface area (Å²) in [4.78, 5) is 24.6. The van der Waals surface area contributed by atoms with Crippen LogP contribution < -0.4 is 10.1 Å². The highest BCUT2D eigenvalue weighted by Crippen LogP contribution is 2.34. The van der Waals surface area contributed by atoms with E-state index in [1.807, 2.05) is 0 Å². The Morgan fingerprint density at radius 1 is 1.13 bits per heavy atom. The van der Waals surface area contributed by atoms with E-state index in [-0.39, 0.29) is 29.7 Å². The van der Waals surface area contributed by atoms with E-state index < -0.39 is 23.2 Å². The maximum absolute atomic E-state index is 14.7. The topological polar surface area (TPSA) is 75.6 Å². The summed E-state index contributed by atoms with van der Waals surface area (Å²) in [5, 5.41) is 13.5. The number of carboxylic acid groups (broad SMARTS) is 1. The molecular weight excluding hydrogens is 444 g/mol. The zero-order valence-electron chi connectivity index (χ0n) is 16.8. The second kappa shape index (κ2) is 9.12. The van der Waals surface area contributed by atoms with Crippen LogP contribution in [0.25, 0.3) is 10.8 Å². The predicted octanol–water partition coefficient (Wildman–Crippen LogP) is 5.85. The lowest BCUT2D eigenvalue weighted by Crippen LogP contribution is -2.51. The molecule has 0 aliphatic rings. The van der Waals surface area contributed by atoms with Crippen molar-refractivity contribution in [1.82, 2.24) is 5.32 Å². The van der Waals surface area contributed by atoms with E-state index in [9.17, 15) is 19.1 Å². The number of nitrogens with one attached hydrogen (secondary N) is 1. The predicted molar refractivity (Wildman–Crippen MR) is 118 cm³/mol. The molecule has 8 heteroatoms. The van der Waals surface area contributed by atoms with Crippen molar-refractivity contribution >= 4 is 45.9 Å². The second-order valence-electron chi connectivity index (χ2n) is 7.25. The van der Waals surface area contributed by atoms with Crippen LogP contribution >= 0.6 is 23.2 Å². The summed E-state index contributed by atoms with van der Waals surface area (Å²) in [5.74, 6) is -2.44. The average Bonchev–Trinajstić information content (AvgIpc) is 2.73. The Morgan fingerprint density at radius 2 is 1.81 bits per heavy atom. The molecule has 1 atom stereocenters. The number of fused-ring (bicyclic) bond motifs is 1. The van der Waals surface area contributed by atoms with Crippen molar-refractivity contribution in [3.8, 4) is 5.75 Å². The van der Waals surface area contributed by atoms with E-state index in [0.29, 0.717) is 21.0 Å². The van der Waals surface area contributed by atoms with Gasteiger partial charge in [0, 0.05) is 26.4 Å². The van der Waals surface area contributed by atoms with Gasteiger partial charge in [-0.05, 0) is 31.5 Å². The Labute approximate surface area is 188 Å². The number of carbonyl (C=O) groups excluding carboxylic acids is 1. The molecule has 0 aliphatic heterocycles. The molecule has 5 nitrogen and oxygen atoms in total. The smallest absolute Gasteiger partial charge is 0.329 e. The third-order valence-corrected chi connectivity index (χ3v) is 5.73. The van der Waals surface area contributed by atoms with Crippen LogP contribution in [0.15, 0.2) is 48.5 Å². The Morgan fingerprint density at radius 3 is 2.42 bits per heavy atom. The minimum absolute atomic E-state index is 0.00408. The van der Waals surface area contributed by atoms with Crippen molar-refractivity contribution in [3.63, 3.8) is 0 Å². The van der Waals surface area contributed by atoms with Gasteiger partial charge in [-0.3, -0.25) is 4.79 Å². The number of halogens is 3. The number of carboxylic acids is 1. The number of rotatable bonds is 7. The van der Waals surface area contributed by atoms with Crippen LogP contribution in [0.3, 0.4) is 0 Å². The van der Waals surface area contributed by atoms with Gasteiger partial charge >= 0.3 is 5.97 Å². The lowest BCUT2D eigenvalue weighted by molar-refractivity contribution is -0.143. The molecule has 162 valence electrons. The van der Waals surface area contributed by atoms with Crippen LogP contribution in [0.4, 0.5) is 4.39 Å². The van der Waals surface area contributed by atoms with Crippen molar-refractivity contribution in [3.05, 3.63) is 75.5 Å². The van der Waals surface area contributed by atoms with Crippen LogP contribution in [0.2, 0.25) is 10.0 Å². The molecule has 0 heterocycles. The van der Waals surface area contributed by atoms with Crippen LogP contribution in [0, 0.1) is 5.82 Å². The zero-order valence-corrected chi connectivity index (χ0v) is 18.4. The lowest BCUT2D eigenvalue weighted by atomic mass is 9.97. The van der Waals surface area contributed by atoms with Gasteiger partial charge in [0.1, 0.15) is 23.7 Å². The number of hydrogen-bond donors (Lipinski definition) is 2. The number of hydrogen-bond acceptors (Lipinski definition) is 3. The number of ether oxygens (including phenoxy) is 1. The fourth-order valence-corrected chi connectivity index (χ4v) is 3.49. The first-order chi connectivity index (χ1) is 14.7. The molecule has 1 amide bonds. The maximum Gasteiger partial charge on any atom is 0.329 e. The molecule has 0 saturated heterocycles. The third kappa shape index (κ3) is 4.75. The van der Waals surface area contributed by atoms with Gasteiger partial charge in [-0.15, -0.1) is 0 Å². The van der Waals surface area contributed by atoms with Crippen molar-refractivity contribution in [2.45, 2.75) is 32.4 Å². The molecule has 3 aromatic rings. The third-order valence-electron chi connectivity index (χ3n) is 5.14. The summed E-state index contributed by atoms with van der Waals surface area (Å²) in [6, 6.07) is 12.5. The molecule has 0 aliphatic carbocycles. The largest absolute Gasteiger partial charge is 0.487 e. The van der Waals surface area contributed by atoms with Crippen LogP contribution in [-0.2, 0) is 11.4 Å². The molecule has 0 spiro atoms. The Hall–Kier alpha value is -2.83. The fourth-order valence-electron chi connectivity index (χ4n) is 3.03. The molecular formula is C23H20Cl2FNO4. The van der Waals surface area contributed by atoms with Crippen molar-refractivity contribution in [2.75, 3.05) is 0 Å². The summed E-state index contributed by atoms with van der Waals surface area (Å²) < 4.78 is 20.7. The molecule has 0 saturated carbocycles. The number of aliphatic carboxylic acids is 1. The van der Waals surface area contributed by atoms with E-state index in [1.54, 1.807) is 49.4 Å². The number of benzene rings is 3. The molecule has 3 rings (SSSR count). The molecule has 3 aromatic carbocycles. The van der Waals surface area contributed by atoms with E-state index >= 15 is 0 Å². The van der Waals surface area contributed by atoms with E-state index in [1.165, 1.54) is 6.92 Å². The molecule has 1 unspecified atom stereocenters. The van der Waals surface area contributed by atoms with Crippen LogP contribution in [-0.4, -0.2) is 22.5 Å². The standard InChI is InChI=1S/C23H20Cl2FNO4/c1-3-23(2,22(29)30)27-21(28)17-11-19(26)15-6-4-5-7-16(15)20(17)31-12-13-8-9-14(24)10-18(13)25/h4-11H,3,12H2,1-2H3,(H,27,28)(H,29,30). The summed E-state index contributed by atoms with van der Waals surface area (Å²) in [7, 11) is 0. The van der Waals surface area contributed by atoms with Gasteiger partial charge in [-0.1, -0.05) is 60.5 Å². The minimum Gasteiger partial charge on any atom is -0.487 e. The molecule has 0 radical (unpaired) electrons. The highest BCUT2D eigenvalue weighted by atomic mass is 35.5. The normalized spacial score (nSPS) is 12.9. The molecule has 31 heavy (non-hydrogen) atoms. The molecule has 0 aromatic heterocycles. The van der Waals surface area contributed by atoms with Gasteiger partial charge in [0.2, 0.25) is 0 Å². The first-order valence-corrected chi connectivity index (χ1v) is 10.3. The van der Waals surface area contributed by atoms with E-state index in [4.69, 9.17) is 27.9 Å². The van der Waals surface area contributed by atoms with Crippen molar-refractivity contribution in [1.29, 1.82) is 0 Å². The SMILES string of the molecule is CCC(C)(NC(=O)c1cc(F)c2ccccc2c1OCc1ccc(Cl)cc1Cl)C(=O)O. The summed E-state index contributed by atoms with van der Waals surface area (Å²) in [6.07, 6.45) is 0.140. The monoisotopic (exact) mass is 463 g/mol. The maximum atomic E-state index is 14.7. The Kier molecular flexibility index (Phi) is 6.72. The van der Waals surface area contributed by atoms with E-state index in [0.717, 1.165) is 6.07 Å². The van der Waals surface area contributed by atoms with Crippen molar-refractivity contribution < 1.29 is 23.8 Å². The van der Waals surface area contributed by atoms with Crippen molar-refractivity contribution in [2.24, 2.45) is 0 Å². The molecule has 0 bridgehead atoms. The Balaban J connectivity index is 2.06. The van der Waals surface area contributed by atoms with Crippen LogP contribution in [0.5, 0.6) is 5.75 Å². The summed E-state index contributed by atoms with van der Waals surface area (Å²) in [5.41, 5.74) is -1.01. The average molecular weight is 464 g/mol. The molecule has 0 fully saturated rings. The minimum atomic E-state index is -1.52. The van der Waals surface area contributed by atoms with Gasteiger partial charge in [-0.25, -0.2) is 9.18 Å². The van der Waals surface area contributed by atoms with E-state index in [2.05, 4.69) is 5.32 Å². The first kappa shape index (κ1) is 22.8. The lowest BCUT2D eigenvalue weighted by Gasteiger charge is -2.25. The fraction of sp³-hybridized carbons (Fsp3) is 0.217. The summed E-state index contributed by atoms with van der Waals surface area (Å²) in [6.45, 7) is 3.02. The quantitative estimate of drug-likeness (QED) is 0.460.